The van der Waals surface area contributed by atoms with Gasteiger partial charge in [-0.05, 0) is 46.0 Å². The smallest absolute Gasteiger partial charge is 0.324 e. The molecule has 3 aliphatic rings. The van der Waals surface area contributed by atoms with Crippen molar-refractivity contribution in [2.75, 3.05) is 0 Å². The molecule has 0 spiro atoms. The monoisotopic (exact) mass is 356 g/mol. The molecule has 0 unspecified atom stereocenters. The van der Waals surface area contributed by atoms with Crippen molar-refractivity contribution in [1.29, 1.82) is 0 Å². The van der Waals surface area contributed by atoms with Crippen LogP contribution in [0.25, 0.3) is 0 Å². The largest absolute Gasteiger partial charge is 0.458 e. The first kappa shape index (κ1) is 17.3. The van der Waals surface area contributed by atoms with Crippen LogP contribution in [0.1, 0.15) is 56.8 Å². The molecule has 4 rings (SSSR count). The van der Waals surface area contributed by atoms with Gasteiger partial charge in [0.2, 0.25) is 0 Å². The number of ketones is 1. The summed E-state index contributed by atoms with van der Waals surface area (Å²) in [6, 6.07) is 8.77. The maximum absolute atomic E-state index is 13.1. The lowest BCUT2D eigenvalue weighted by atomic mass is 9.52. The third kappa shape index (κ3) is 2.32. The maximum atomic E-state index is 13.1. The highest BCUT2D eigenvalue weighted by molar-refractivity contribution is 6.08. The van der Waals surface area contributed by atoms with Crippen molar-refractivity contribution in [1.82, 2.24) is 0 Å². The van der Waals surface area contributed by atoms with Crippen molar-refractivity contribution < 1.29 is 23.9 Å². The highest BCUT2D eigenvalue weighted by atomic mass is 16.6. The molecule has 3 fully saturated rings. The Kier molecular flexibility index (Phi) is 3.59. The van der Waals surface area contributed by atoms with Gasteiger partial charge < -0.3 is 9.47 Å². The van der Waals surface area contributed by atoms with Crippen LogP contribution in [0.15, 0.2) is 30.3 Å². The number of fused-ring (bicyclic) bond motifs is 1. The summed E-state index contributed by atoms with van der Waals surface area (Å²) in [4.78, 5) is 39.0. The van der Waals surface area contributed by atoms with Gasteiger partial charge in [-0.15, -0.1) is 0 Å². The van der Waals surface area contributed by atoms with Crippen LogP contribution in [-0.2, 0) is 19.1 Å². The van der Waals surface area contributed by atoms with Crippen molar-refractivity contribution in [3.05, 3.63) is 35.9 Å². The second kappa shape index (κ2) is 5.41. The molecule has 1 aromatic rings. The number of hydrogen-bond acceptors (Lipinski definition) is 5. The highest BCUT2D eigenvalue weighted by Crippen LogP contribution is 2.60. The molecule has 5 heteroatoms. The number of cyclic esters (lactones) is 1. The van der Waals surface area contributed by atoms with E-state index in [-0.39, 0.29) is 24.0 Å². The molecular formula is C21H24O5. The standard InChI is InChI=1S/C21H24O5/c1-19(2)14-9-10-20(3)11-15(14)21(17(23)25-19,18(24)26-20)12-16(22)13-7-5-4-6-8-13/h4-8,14-15H,9-12H2,1-3H3/t14-,15-,20+,21-/m0/s1. The Morgan fingerprint density at radius 1 is 1.04 bits per heavy atom. The molecule has 138 valence electrons. The van der Waals surface area contributed by atoms with E-state index in [0.717, 1.165) is 12.8 Å². The quantitative estimate of drug-likeness (QED) is 0.472. The molecule has 2 aliphatic heterocycles. The van der Waals surface area contributed by atoms with Gasteiger partial charge in [0, 0.05) is 17.9 Å². The van der Waals surface area contributed by atoms with E-state index in [9.17, 15) is 14.4 Å². The van der Waals surface area contributed by atoms with Gasteiger partial charge in [-0.25, -0.2) is 0 Å². The molecule has 2 saturated heterocycles. The van der Waals surface area contributed by atoms with Crippen molar-refractivity contribution in [2.24, 2.45) is 17.3 Å². The van der Waals surface area contributed by atoms with Gasteiger partial charge in [-0.2, -0.15) is 0 Å². The summed E-state index contributed by atoms with van der Waals surface area (Å²) in [5.41, 5.74) is -2.22. The summed E-state index contributed by atoms with van der Waals surface area (Å²) < 4.78 is 11.4. The fourth-order valence-electron chi connectivity index (χ4n) is 5.18. The normalized spacial score (nSPS) is 37.5. The fourth-order valence-corrected chi connectivity index (χ4v) is 5.18. The van der Waals surface area contributed by atoms with Gasteiger partial charge in [0.1, 0.15) is 11.2 Å². The number of carbonyl (C=O) groups excluding carboxylic acids is 3. The van der Waals surface area contributed by atoms with Crippen LogP contribution in [0.5, 0.6) is 0 Å². The molecule has 1 aliphatic carbocycles. The molecule has 4 atom stereocenters. The molecular weight excluding hydrogens is 332 g/mol. The molecule has 0 radical (unpaired) electrons. The van der Waals surface area contributed by atoms with E-state index in [1.165, 1.54) is 0 Å². The van der Waals surface area contributed by atoms with Crippen molar-refractivity contribution in [2.45, 2.75) is 57.7 Å². The Morgan fingerprint density at radius 3 is 2.38 bits per heavy atom. The molecule has 26 heavy (non-hydrogen) atoms. The molecule has 2 heterocycles. The molecule has 0 aromatic heterocycles. The minimum Gasteiger partial charge on any atom is -0.458 e. The Labute approximate surface area is 153 Å². The second-order valence-electron chi connectivity index (χ2n) is 8.73. The lowest BCUT2D eigenvalue weighted by Gasteiger charge is -2.59. The number of Topliss-reactive ketones (excluding diaryl/α,β-unsaturated/α-hetero) is 1. The second-order valence-corrected chi connectivity index (χ2v) is 8.73. The average Bonchev–Trinajstić information content (AvgIpc) is 2.57. The van der Waals surface area contributed by atoms with Gasteiger partial charge in [0.05, 0.1) is 0 Å². The molecule has 2 bridgehead atoms. The van der Waals surface area contributed by atoms with Crippen molar-refractivity contribution in [3.63, 3.8) is 0 Å². The zero-order chi connectivity index (χ0) is 18.7. The summed E-state index contributed by atoms with van der Waals surface area (Å²) in [7, 11) is 0. The topological polar surface area (TPSA) is 69.7 Å². The van der Waals surface area contributed by atoms with Gasteiger partial charge in [-0.1, -0.05) is 30.3 Å². The van der Waals surface area contributed by atoms with Crippen molar-refractivity contribution in [3.8, 4) is 0 Å². The molecule has 0 amide bonds. The average molecular weight is 356 g/mol. The summed E-state index contributed by atoms with van der Waals surface area (Å²) in [6.45, 7) is 5.74. The van der Waals surface area contributed by atoms with Crippen LogP contribution in [0.3, 0.4) is 0 Å². The number of carbonyl (C=O) groups is 3. The zero-order valence-corrected chi connectivity index (χ0v) is 15.4. The Morgan fingerprint density at radius 2 is 1.69 bits per heavy atom. The van der Waals surface area contributed by atoms with Gasteiger partial charge in [0.25, 0.3) is 0 Å². The summed E-state index contributed by atoms with van der Waals surface area (Å²) >= 11 is 0. The Hall–Kier alpha value is -2.17. The molecule has 5 nitrogen and oxygen atoms in total. The lowest BCUT2D eigenvalue weighted by molar-refractivity contribution is -0.249. The molecule has 1 saturated carbocycles. The summed E-state index contributed by atoms with van der Waals surface area (Å²) in [5.74, 6) is -1.61. The summed E-state index contributed by atoms with van der Waals surface area (Å²) in [5, 5.41) is 0. The predicted molar refractivity (Wildman–Crippen MR) is 93.3 cm³/mol. The first-order valence-electron chi connectivity index (χ1n) is 9.23. The Balaban J connectivity index is 1.77. The van der Waals surface area contributed by atoms with Crippen LogP contribution < -0.4 is 0 Å². The Bertz CT molecular complexity index is 773. The van der Waals surface area contributed by atoms with E-state index in [4.69, 9.17) is 9.47 Å². The predicted octanol–water partition coefficient (Wildman–Crippen LogP) is 3.31. The van der Waals surface area contributed by atoms with Crippen LogP contribution in [0.2, 0.25) is 0 Å². The van der Waals surface area contributed by atoms with E-state index in [1.54, 1.807) is 24.3 Å². The highest BCUT2D eigenvalue weighted by Gasteiger charge is 2.70. The van der Waals surface area contributed by atoms with E-state index in [0.29, 0.717) is 12.0 Å². The van der Waals surface area contributed by atoms with Gasteiger partial charge >= 0.3 is 11.9 Å². The maximum Gasteiger partial charge on any atom is 0.324 e. The first-order chi connectivity index (χ1) is 12.2. The van der Waals surface area contributed by atoms with Crippen molar-refractivity contribution >= 4 is 17.7 Å². The van der Waals surface area contributed by atoms with Crippen LogP contribution in [0.4, 0.5) is 0 Å². The van der Waals surface area contributed by atoms with Crippen LogP contribution in [-0.4, -0.2) is 28.9 Å². The number of rotatable bonds is 3. The fraction of sp³-hybridized carbons (Fsp3) is 0.571. The number of esters is 2. The molecule has 1 aromatic carbocycles. The number of benzene rings is 1. The van der Waals surface area contributed by atoms with Crippen LogP contribution >= 0.6 is 0 Å². The van der Waals surface area contributed by atoms with E-state index < -0.39 is 28.6 Å². The number of hydrogen-bond donors (Lipinski definition) is 0. The summed E-state index contributed by atoms with van der Waals surface area (Å²) in [6.07, 6.45) is 1.98. The SMILES string of the molecule is CC1(C)OC(=O)[C@@]2(CC(=O)c3ccccc3)C(=O)O[C@]3(C)CC[C@H]1[C@@H]2C3. The zero-order valence-electron chi connectivity index (χ0n) is 15.4. The van der Waals surface area contributed by atoms with Crippen LogP contribution in [0, 0.1) is 17.3 Å². The first-order valence-corrected chi connectivity index (χ1v) is 9.23. The number of ether oxygens (including phenoxy) is 2. The minimum absolute atomic E-state index is 0.0460. The molecule has 0 N–H and O–H groups in total. The third-order valence-corrected chi connectivity index (χ3v) is 6.61. The van der Waals surface area contributed by atoms with Gasteiger partial charge in [-0.3, -0.25) is 14.4 Å². The van der Waals surface area contributed by atoms with E-state index in [1.807, 2.05) is 26.8 Å². The third-order valence-electron chi connectivity index (χ3n) is 6.61. The van der Waals surface area contributed by atoms with Gasteiger partial charge in [0.15, 0.2) is 11.2 Å². The lowest BCUT2D eigenvalue weighted by Crippen LogP contribution is -2.68. The minimum atomic E-state index is -1.52. The van der Waals surface area contributed by atoms with E-state index in [2.05, 4.69) is 0 Å². The van der Waals surface area contributed by atoms with E-state index >= 15 is 0 Å².